The van der Waals surface area contributed by atoms with E-state index in [9.17, 15) is 0 Å². The van der Waals surface area contributed by atoms with E-state index >= 15 is 0 Å². The van der Waals surface area contributed by atoms with Crippen LogP contribution < -0.4 is 20.6 Å². The standard InChI is InChI=1S/C60H49BN2S/c1-59(2,3)42-26-29-44(30-27-42)63-53-31-25-40(38-17-9-7-10-18-38)33-48(53)50-34-41-21-13-14-22-45(41)58-57(50)61(63)51-36-49-46-23-15-16-24-55(46)64-56(49)37-54(51)62(58)52-32-28-43(60(4,5)6)35-47(52)39-19-11-8-12-20-39/h7-37H,1-6H3. The summed E-state index contributed by atoms with van der Waals surface area (Å²) in [7, 11) is 0. The largest absolute Gasteiger partial charge is 0.376 e. The highest BCUT2D eigenvalue weighted by Gasteiger charge is 2.46. The van der Waals surface area contributed by atoms with Crippen molar-refractivity contribution in [3.63, 3.8) is 0 Å². The molecule has 0 spiro atoms. The molecule has 2 nitrogen and oxygen atoms in total. The van der Waals surface area contributed by atoms with Crippen molar-refractivity contribution in [3.05, 3.63) is 199 Å². The zero-order valence-electron chi connectivity index (χ0n) is 37.3. The molecule has 1 aromatic heterocycles. The number of benzene rings is 9. The number of nitrogens with zero attached hydrogens (tertiary/aromatic N) is 2. The monoisotopic (exact) mass is 840 g/mol. The molecule has 0 unspecified atom stereocenters. The Labute approximate surface area is 381 Å². The topological polar surface area (TPSA) is 6.48 Å². The highest BCUT2D eigenvalue weighted by Crippen LogP contribution is 2.52. The van der Waals surface area contributed by atoms with Crippen LogP contribution in [0, 0.1) is 0 Å². The van der Waals surface area contributed by atoms with Crippen LogP contribution in [-0.2, 0) is 10.8 Å². The minimum atomic E-state index is -0.117. The van der Waals surface area contributed by atoms with Crippen LogP contribution in [0.5, 0.6) is 0 Å². The molecule has 0 atom stereocenters. The van der Waals surface area contributed by atoms with Crippen molar-refractivity contribution in [2.75, 3.05) is 9.71 Å². The average molecular weight is 841 g/mol. The molecule has 0 saturated heterocycles. The first-order valence-electron chi connectivity index (χ1n) is 22.6. The third-order valence-corrected chi connectivity index (χ3v) is 14.9. The van der Waals surface area contributed by atoms with E-state index in [4.69, 9.17) is 0 Å². The van der Waals surface area contributed by atoms with Crippen LogP contribution in [-0.4, -0.2) is 6.85 Å². The number of thiophene rings is 1. The Kier molecular flexibility index (Phi) is 8.68. The average Bonchev–Trinajstić information content (AvgIpc) is 3.68. The summed E-state index contributed by atoms with van der Waals surface area (Å²) in [6.45, 7) is 13.8. The van der Waals surface area contributed by atoms with Gasteiger partial charge < -0.3 is 9.71 Å². The van der Waals surface area contributed by atoms with Crippen LogP contribution in [0.15, 0.2) is 188 Å². The van der Waals surface area contributed by atoms with Gasteiger partial charge in [0.1, 0.15) is 0 Å². The Hall–Kier alpha value is -6.88. The zero-order valence-corrected chi connectivity index (χ0v) is 38.1. The molecule has 0 amide bonds. The van der Waals surface area contributed by atoms with Crippen LogP contribution >= 0.6 is 11.3 Å². The summed E-state index contributed by atoms with van der Waals surface area (Å²) in [5.41, 5.74) is 18.7. The fourth-order valence-corrected chi connectivity index (χ4v) is 11.6. The highest BCUT2D eigenvalue weighted by molar-refractivity contribution is 7.26. The summed E-state index contributed by atoms with van der Waals surface area (Å²) in [4.78, 5) is 5.31. The summed E-state index contributed by atoms with van der Waals surface area (Å²) in [6, 6.07) is 71.2. The normalized spacial score (nSPS) is 13.4. The van der Waals surface area contributed by atoms with Gasteiger partial charge in [-0.05, 0) is 115 Å². The molecule has 4 heteroatoms. The minimum Gasteiger partial charge on any atom is -0.376 e. The Balaban J connectivity index is 1.25. The Bertz CT molecular complexity index is 3460. The maximum atomic E-state index is 2.66. The van der Waals surface area contributed by atoms with Crippen molar-refractivity contribution < 1.29 is 0 Å². The number of hydrogen-bond donors (Lipinski definition) is 0. The molecule has 0 radical (unpaired) electrons. The predicted molar refractivity (Wildman–Crippen MR) is 279 cm³/mol. The molecule has 9 aromatic carbocycles. The lowest BCUT2D eigenvalue weighted by molar-refractivity contribution is 0.590. The van der Waals surface area contributed by atoms with Crippen LogP contribution in [0.2, 0.25) is 0 Å². The van der Waals surface area contributed by atoms with Crippen LogP contribution in [0.1, 0.15) is 52.7 Å². The zero-order chi connectivity index (χ0) is 43.5. The van der Waals surface area contributed by atoms with Gasteiger partial charge in [-0.25, -0.2) is 0 Å². The van der Waals surface area contributed by atoms with Gasteiger partial charge in [0.2, 0.25) is 0 Å². The number of fused-ring (bicyclic) bond motifs is 9. The number of rotatable bonds is 4. The van der Waals surface area contributed by atoms with E-state index in [1.165, 1.54) is 115 Å². The van der Waals surface area contributed by atoms with E-state index in [0.717, 1.165) is 0 Å². The first kappa shape index (κ1) is 38.8. The van der Waals surface area contributed by atoms with Gasteiger partial charge in [0.05, 0.1) is 11.4 Å². The quantitative estimate of drug-likeness (QED) is 0.163. The molecule has 0 fully saturated rings. The van der Waals surface area contributed by atoms with Crippen molar-refractivity contribution in [1.82, 2.24) is 0 Å². The maximum Gasteiger partial charge on any atom is 0.333 e. The third-order valence-electron chi connectivity index (χ3n) is 13.7. The van der Waals surface area contributed by atoms with Gasteiger partial charge in [-0.1, -0.05) is 175 Å². The van der Waals surface area contributed by atoms with E-state index in [1.54, 1.807) is 0 Å². The lowest BCUT2D eigenvalue weighted by Gasteiger charge is -2.46. The van der Waals surface area contributed by atoms with E-state index < -0.39 is 0 Å². The van der Waals surface area contributed by atoms with E-state index in [-0.39, 0.29) is 17.7 Å². The van der Waals surface area contributed by atoms with E-state index in [2.05, 4.69) is 239 Å². The molecule has 3 heterocycles. The van der Waals surface area contributed by atoms with Gasteiger partial charge in [-0.2, -0.15) is 0 Å². The minimum absolute atomic E-state index is 0.0297. The van der Waals surface area contributed by atoms with Gasteiger partial charge in [-0.3, -0.25) is 0 Å². The van der Waals surface area contributed by atoms with E-state index in [0.29, 0.717) is 0 Å². The summed E-state index contributed by atoms with van der Waals surface area (Å²) in [5.74, 6) is 0. The smallest absolute Gasteiger partial charge is 0.333 e. The second kappa shape index (κ2) is 14.3. The summed E-state index contributed by atoms with van der Waals surface area (Å²) in [5, 5.41) is 5.10. The molecule has 0 bridgehead atoms. The Morgan fingerprint density at radius 1 is 0.422 bits per heavy atom. The molecule has 0 aliphatic carbocycles. The molecule has 10 aromatic rings. The molecule has 64 heavy (non-hydrogen) atoms. The molecule has 12 rings (SSSR count). The molecule has 308 valence electrons. The molecule has 0 saturated carbocycles. The first-order chi connectivity index (χ1) is 31.0. The lowest BCUT2D eigenvalue weighted by Crippen LogP contribution is -2.61. The number of anilines is 5. The van der Waals surface area contributed by atoms with Crippen molar-refractivity contribution in [1.29, 1.82) is 0 Å². The maximum absolute atomic E-state index is 2.66. The SMILES string of the molecule is CC(C)(C)c1ccc(N2B3c4cc5c(cc4N(c4ccc(C(C)(C)C)cc4-c4ccccc4)c4c3c(cc3ccccc43)-c3cc(-c4ccccc4)ccc32)sc2ccccc25)cc1. The van der Waals surface area contributed by atoms with Crippen LogP contribution in [0.25, 0.3) is 64.3 Å². The Morgan fingerprint density at radius 3 is 1.80 bits per heavy atom. The fraction of sp³-hybridized carbons (Fsp3) is 0.133. The molecule has 2 aliphatic heterocycles. The highest BCUT2D eigenvalue weighted by atomic mass is 32.1. The lowest BCUT2D eigenvalue weighted by atomic mass is 9.43. The van der Waals surface area contributed by atoms with Gasteiger partial charge in [0.25, 0.3) is 0 Å². The fourth-order valence-electron chi connectivity index (χ4n) is 10.4. The van der Waals surface area contributed by atoms with Crippen molar-refractivity contribution in [3.8, 4) is 33.4 Å². The van der Waals surface area contributed by atoms with Crippen molar-refractivity contribution in [2.24, 2.45) is 0 Å². The molecule has 2 aliphatic rings. The van der Waals surface area contributed by atoms with E-state index in [1.807, 2.05) is 11.3 Å². The molecular formula is C60H49BN2S. The van der Waals surface area contributed by atoms with Gasteiger partial charge >= 0.3 is 6.85 Å². The van der Waals surface area contributed by atoms with Crippen molar-refractivity contribution in [2.45, 2.75) is 52.4 Å². The number of hydrogen-bond acceptors (Lipinski definition) is 3. The molecule has 0 N–H and O–H groups in total. The second-order valence-corrected chi connectivity index (χ2v) is 20.8. The second-order valence-electron chi connectivity index (χ2n) is 19.8. The Morgan fingerprint density at radius 2 is 1.06 bits per heavy atom. The third kappa shape index (κ3) is 6.07. The van der Waals surface area contributed by atoms with Crippen molar-refractivity contribution >= 4 is 88.5 Å². The van der Waals surface area contributed by atoms with Gasteiger partial charge in [0, 0.05) is 53.7 Å². The van der Waals surface area contributed by atoms with Crippen LogP contribution in [0.3, 0.4) is 0 Å². The summed E-state index contributed by atoms with van der Waals surface area (Å²) in [6.07, 6.45) is 0. The first-order valence-corrected chi connectivity index (χ1v) is 23.4. The van der Waals surface area contributed by atoms with Crippen LogP contribution in [0.4, 0.5) is 28.4 Å². The summed E-state index contributed by atoms with van der Waals surface area (Å²) >= 11 is 1.90. The predicted octanol–water partition coefficient (Wildman–Crippen LogP) is 15.8. The molecular weight excluding hydrogens is 792 g/mol. The van der Waals surface area contributed by atoms with Gasteiger partial charge in [0.15, 0.2) is 0 Å². The van der Waals surface area contributed by atoms with Gasteiger partial charge in [-0.15, -0.1) is 11.3 Å². The summed E-state index contributed by atoms with van der Waals surface area (Å²) < 4.78 is 2.61.